The van der Waals surface area contributed by atoms with E-state index >= 15 is 0 Å². The molecular formula is C21H23NO3. The van der Waals surface area contributed by atoms with Crippen molar-refractivity contribution in [3.63, 3.8) is 0 Å². The number of rotatable bonds is 5. The first kappa shape index (κ1) is 17.2. The molecule has 130 valence electrons. The van der Waals surface area contributed by atoms with Crippen molar-refractivity contribution in [3.8, 4) is 5.75 Å². The smallest absolute Gasteiger partial charge is 0.260 e. The molecule has 3 rings (SSSR count). The minimum Gasteiger partial charge on any atom is -0.483 e. The average Bonchev–Trinajstić information content (AvgIpc) is 2.93. The molecular weight excluding hydrogens is 314 g/mol. The first-order chi connectivity index (χ1) is 12.3. The van der Waals surface area contributed by atoms with E-state index in [9.17, 15) is 9.59 Å². The number of hydrogen-bond acceptors (Lipinski definition) is 3. The van der Waals surface area contributed by atoms with Gasteiger partial charge in [0.2, 0.25) is 0 Å². The van der Waals surface area contributed by atoms with Crippen LogP contribution in [0.3, 0.4) is 0 Å². The van der Waals surface area contributed by atoms with Crippen molar-refractivity contribution < 1.29 is 14.3 Å². The third-order valence-corrected chi connectivity index (χ3v) is 4.75. The van der Waals surface area contributed by atoms with Gasteiger partial charge in [0.15, 0.2) is 12.9 Å². The van der Waals surface area contributed by atoms with Crippen molar-refractivity contribution in [2.75, 3.05) is 19.7 Å². The number of carbonyl (C=O) groups is 2. The van der Waals surface area contributed by atoms with Gasteiger partial charge in [-0.2, -0.15) is 0 Å². The number of likely N-dealkylation sites (tertiary alicyclic amines) is 1. The Kier molecular flexibility index (Phi) is 5.83. The predicted octanol–water partition coefficient (Wildman–Crippen LogP) is 3.67. The molecule has 0 N–H and O–H groups in total. The van der Waals surface area contributed by atoms with Gasteiger partial charge in [0.05, 0.1) is 5.56 Å². The van der Waals surface area contributed by atoms with Gasteiger partial charge in [0.1, 0.15) is 5.75 Å². The zero-order valence-electron chi connectivity index (χ0n) is 14.3. The number of benzene rings is 2. The van der Waals surface area contributed by atoms with E-state index in [0.29, 0.717) is 17.2 Å². The minimum atomic E-state index is -0.0269. The van der Waals surface area contributed by atoms with Crippen LogP contribution in [0.15, 0.2) is 54.6 Å². The average molecular weight is 337 g/mol. The van der Waals surface area contributed by atoms with Gasteiger partial charge in [-0.1, -0.05) is 42.5 Å². The Morgan fingerprint density at radius 3 is 2.60 bits per heavy atom. The Labute approximate surface area is 148 Å². The SMILES string of the molecule is O=Cc1ccccc1OCC(=O)N1CCCC(c2ccccc2)CC1. The molecule has 0 aromatic heterocycles. The van der Waals surface area contributed by atoms with E-state index in [1.54, 1.807) is 24.3 Å². The number of ether oxygens (including phenoxy) is 1. The van der Waals surface area contributed by atoms with Crippen LogP contribution in [0.5, 0.6) is 5.75 Å². The molecule has 2 aromatic carbocycles. The topological polar surface area (TPSA) is 46.6 Å². The van der Waals surface area contributed by atoms with Gasteiger partial charge in [0.25, 0.3) is 5.91 Å². The summed E-state index contributed by atoms with van der Waals surface area (Å²) in [7, 11) is 0. The Morgan fingerprint density at radius 2 is 1.80 bits per heavy atom. The monoisotopic (exact) mass is 337 g/mol. The van der Waals surface area contributed by atoms with Crippen LogP contribution in [-0.4, -0.2) is 36.8 Å². The molecule has 4 heteroatoms. The standard InChI is InChI=1S/C21H23NO3/c23-15-19-9-4-5-11-20(19)25-16-21(24)22-13-6-10-18(12-14-22)17-7-2-1-3-8-17/h1-5,7-9,11,15,18H,6,10,12-14,16H2. The zero-order chi connectivity index (χ0) is 17.5. The highest BCUT2D eigenvalue weighted by Crippen LogP contribution is 2.28. The van der Waals surface area contributed by atoms with E-state index in [4.69, 9.17) is 4.74 Å². The minimum absolute atomic E-state index is 0.0191. The van der Waals surface area contributed by atoms with Gasteiger partial charge in [-0.3, -0.25) is 9.59 Å². The molecule has 1 aliphatic heterocycles. The van der Waals surface area contributed by atoms with E-state index in [1.165, 1.54) is 5.56 Å². The molecule has 1 saturated heterocycles. The van der Waals surface area contributed by atoms with E-state index in [1.807, 2.05) is 11.0 Å². The molecule has 0 saturated carbocycles. The highest BCUT2D eigenvalue weighted by molar-refractivity contribution is 5.80. The first-order valence-corrected chi connectivity index (χ1v) is 8.77. The molecule has 4 nitrogen and oxygen atoms in total. The lowest BCUT2D eigenvalue weighted by atomic mass is 9.92. The summed E-state index contributed by atoms with van der Waals surface area (Å²) in [6.07, 6.45) is 3.82. The largest absolute Gasteiger partial charge is 0.483 e. The second kappa shape index (κ2) is 8.47. The fraction of sp³-hybridized carbons (Fsp3) is 0.333. The maximum Gasteiger partial charge on any atom is 0.260 e. The Balaban J connectivity index is 1.55. The zero-order valence-corrected chi connectivity index (χ0v) is 14.3. The summed E-state index contributed by atoms with van der Waals surface area (Å²) in [5, 5.41) is 0. The van der Waals surface area contributed by atoms with Crippen molar-refractivity contribution in [2.24, 2.45) is 0 Å². The third kappa shape index (κ3) is 4.47. The van der Waals surface area contributed by atoms with Gasteiger partial charge in [0, 0.05) is 13.1 Å². The Hall–Kier alpha value is -2.62. The molecule has 1 fully saturated rings. The van der Waals surface area contributed by atoms with E-state index in [2.05, 4.69) is 24.3 Å². The van der Waals surface area contributed by atoms with Crippen LogP contribution in [0, 0.1) is 0 Å². The third-order valence-electron chi connectivity index (χ3n) is 4.75. The second-order valence-electron chi connectivity index (χ2n) is 6.36. The summed E-state index contributed by atoms with van der Waals surface area (Å²) >= 11 is 0. The van der Waals surface area contributed by atoms with Crippen molar-refractivity contribution in [1.29, 1.82) is 0 Å². The fourth-order valence-electron chi connectivity index (χ4n) is 3.34. The highest BCUT2D eigenvalue weighted by Gasteiger charge is 2.22. The quantitative estimate of drug-likeness (QED) is 0.782. The maximum absolute atomic E-state index is 12.5. The lowest BCUT2D eigenvalue weighted by molar-refractivity contribution is -0.133. The maximum atomic E-state index is 12.5. The number of amides is 1. The van der Waals surface area contributed by atoms with Gasteiger partial charge < -0.3 is 9.64 Å². The summed E-state index contributed by atoms with van der Waals surface area (Å²) in [6, 6.07) is 17.5. The van der Waals surface area contributed by atoms with Crippen LogP contribution < -0.4 is 4.74 Å². The summed E-state index contributed by atoms with van der Waals surface area (Å²) < 4.78 is 5.57. The molecule has 1 heterocycles. The fourth-order valence-corrected chi connectivity index (χ4v) is 3.34. The second-order valence-corrected chi connectivity index (χ2v) is 6.36. The Morgan fingerprint density at radius 1 is 1.04 bits per heavy atom. The molecule has 1 atom stereocenters. The molecule has 0 spiro atoms. The molecule has 0 aliphatic carbocycles. The lowest BCUT2D eigenvalue weighted by Gasteiger charge is -2.21. The van der Waals surface area contributed by atoms with E-state index < -0.39 is 0 Å². The summed E-state index contributed by atoms with van der Waals surface area (Å²) in [4.78, 5) is 25.4. The molecule has 0 radical (unpaired) electrons. The summed E-state index contributed by atoms with van der Waals surface area (Å²) in [5.41, 5.74) is 1.82. The molecule has 2 aromatic rings. The Bertz CT molecular complexity index is 714. The lowest BCUT2D eigenvalue weighted by Crippen LogP contribution is -2.35. The van der Waals surface area contributed by atoms with Crippen molar-refractivity contribution >= 4 is 12.2 Å². The molecule has 25 heavy (non-hydrogen) atoms. The van der Waals surface area contributed by atoms with E-state index in [-0.39, 0.29) is 12.5 Å². The number of para-hydroxylation sites is 1. The van der Waals surface area contributed by atoms with Crippen LogP contribution >= 0.6 is 0 Å². The number of nitrogens with zero attached hydrogens (tertiary/aromatic N) is 1. The molecule has 1 unspecified atom stereocenters. The highest BCUT2D eigenvalue weighted by atomic mass is 16.5. The van der Waals surface area contributed by atoms with Crippen LogP contribution in [-0.2, 0) is 4.79 Å². The van der Waals surface area contributed by atoms with Gasteiger partial charge >= 0.3 is 0 Å². The number of hydrogen-bond donors (Lipinski definition) is 0. The summed E-state index contributed by atoms with van der Waals surface area (Å²) in [5.74, 6) is 0.952. The van der Waals surface area contributed by atoms with Gasteiger partial charge in [-0.15, -0.1) is 0 Å². The van der Waals surface area contributed by atoms with Crippen LogP contribution in [0.4, 0.5) is 0 Å². The summed E-state index contributed by atoms with van der Waals surface area (Å²) in [6.45, 7) is 1.48. The number of aldehydes is 1. The predicted molar refractivity (Wildman–Crippen MR) is 96.9 cm³/mol. The van der Waals surface area contributed by atoms with Crippen LogP contribution in [0.25, 0.3) is 0 Å². The van der Waals surface area contributed by atoms with Crippen molar-refractivity contribution in [1.82, 2.24) is 4.90 Å². The van der Waals surface area contributed by atoms with Crippen molar-refractivity contribution in [2.45, 2.75) is 25.2 Å². The van der Waals surface area contributed by atoms with Gasteiger partial charge in [-0.05, 0) is 42.9 Å². The molecule has 1 amide bonds. The normalized spacial score (nSPS) is 17.6. The number of carbonyl (C=O) groups excluding carboxylic acids is 2. The first-order valence-electron chi connectivity index (χ1n) is 8.77. The molecule has 1 aliphatic rings. The van der Waals surface area contributed by atoms with Gasteiger partial charge in [-0.25, -0.2) is 0 Å². The molecule has 0 bridgehead atoms. The van der Waals surface area contributed by atoms with Crippen LogP contribution in [0.1, 0.15) is 41.1 Å². The van der Waals surface area contributed by atoms with Crippen LogP contribution in [0.2, 0.25) is 0 Å². The van der Waals surface area contributed by atoms with E-state index in [0.717, 1.165) is 38.6 Å². The van der Waals surface area contributed by atoms with Crippen molar-refractivity contribution in [3.05, 3.63) is 65.7 Å².